The van der Waals surface area contributed by atoms with Gasteiger partial charge in [0.1, 0.15) is 0 Å². The Hall–Kier alpha value is -2.22. The first-order valence-electron chi connectivity index (χ1n) is 7.02. The van der Waals surface area contributed by atoms with Gasteiger partial charge in [-0.25, -0.2) is 18.6 Å². The van der Waals surface area contributed by atoms with Crippen LogP contribution in [-0.2, 0) is 14.8 Å². The Morgan fingerprint density at radius 1 is 1.08 bits per heavy atom. The zero-order valence-corrected chi connectivity index (χ0v) is 14.4. The van der Waals surface area contributed by atoms with Gasteiger partial charge in [-0.3, -0.25) is 4.79 Å². The molecule has 0 heterocycles. The number of nitrogens with zero attached hydrogens (tertiary/aromatic N) is 1. The summed E-state index contributed by atoms with van der Waals surface area (Å²) in [6.07, 6.45) is 0. The van der Waals surface area contributed by atoms with Gasteiger partial charge in [0.2, 0.25) is 10.0 Å². The van der Waals surface area contributed by atoms with Crippen LogP contribution in [-0.4, -0.2) is 26.6 Å². The van der Waals surface area contributed by atoms with E-state index >= 15 is 0 Å². The molecule has 0 saturated heterocycles. The number of carbonyl (C=O) groups is 1. The number of hydrazone groups is 1. The molecule has 0 bridgehead atoms. The average Bonchev–Trinajstić information content (AvgIpc) is 2.59. The minimum Gasteiger partial charge on any atom is -0.272 e. The molecule has 6 nitrogen and oxygen atoms in total. The highest BCUT2D eigenvalue weighted by Crippen LogP contribution is 2.10. The van der Waals surface area contributed by atoms with Crippen LogP contribution in [0.3, 0.4) is 0 Å². The van der Waals surface area contributed by atoms with Gasteiger partial charge in [-0.05, 0) is 36.8 Å². The van der Waals surface area contributed by atoms with Crippen LogP contribution >= 0.6 is 11.6 Å². The Morgan fingerprint density at radius 2 is 1.71 bits per heavy atom. The summed E-state index contributed by atoms with van der Waals surface area (Å²) in [7, 11) is -3.72. The lowest BCUT2D eigenvalue weighted by atomic mass is 10.1. The number of hydrogen-bond donors (Lipinski definition) is 2. The molecule has 8 heteroatoms. The molecule has 0 aliphatic carbocycles. The number of carbonyl (C=O) groups excluding carboxylic acids is 1. The molecule has 2 aromatic rings. The largest absolute Gasteiger partial charge is 0.272 e. The summed E-state index contributed by atoms with van der Waals surface area (Å²) in [5.41, 5.74) is 3.68. The molecule has 2 rings (SSSR count). The van der Waals surface area contributed by atoms with Crippen molar-refractivity contribution in [2.45, 2.75) is 11.8 Å². The van der Waals surface area contributed by atoms with Gasteiger partial charge >= 0.3 is 0 Å². The topological polar surface area (TPSA) is 87.6 Å². The van der Waals surface area contributed by atoms with Crippen molar-refractivity contribution < 1.29 is 13.2 Å². The van der Waals surface area contributed by atoms with E-state index in [2.05, 4.69) is 15.2 Å². The van der Waals surface area contributed by atoms with Crippen LogP contribution in [0.4, 0.5) is 0 Å². The monoisotopic (exact) mass is 365 g/mol. The highest BCUT2D eigenvalue weighted by Gasteiger charge is 2.14. The third kappa shape index (κ3) is 5.16. The Kier molecular flexibility index (Phi) is 6.08. The Balaban J connectivity index is 1.91. The smallest absolute Gasteiger partial charge is 0.255 e. The molecule has 0 aliphatic rings. The average molecular weight is 366 g/mol. The van der Waals surface area contributed by atoms with E-state index in [9.17, 15) is 13.2 Å². The molecule has 0 fully saturated rings. The van der Waals surface area contributed by atoms with Gasteiger partial charge in [-0.1, -0.05) is 41.9 Å². The van der Waals surface area contributed by atoms with Gasteiger partial charge in [0, 0.05) is 5.02 Å². The van der Waals surface area contributed by atoms with Crippen molar-refractivity contribution in [3.05, 3.63) is 65.2 Å². The maximum absolute atomic E-state index is 12.0. The summed E-state index contributed by atoms with van der Waals surface area (Å²) in [5, 5.41) is 4.54. The summed E-state index contributed by atoms with van der Waals surface area (Å²) >= 11 is 5.80. The quantitative estimate of drug-likeness (QED) is 0.607. The molecule has 0 radical (unpaired) electrons. The molecule has 2 aromatic carbocycles. The van der Waals surface area contributed by atoms with Crippen molar-refractivity contribution in [1.82, 2.24) is 10.1 Å². The Morgan fingerprint density at radius 3 is 2.33 bits per heavy atom. The fraction of sp³-hybridized carbons (Fsp3) is 0.125. The SMILES string of the molecule is C/C(=N/NC(=O)CNS(=O)(=O)c1ccccc1)c1ccc(Cl)cc1. The van der Waals surface area contributed by atoms with Gasteiger partial charge in [-0.2, -0.15) is 5.10 Å². The summed E-state index contributed by atoms with van der Waals surface area (Å²) in [6.45, 7) is 1.31. The molecule has 126 valence electrons. The molecule has 0 aliphatic heterocycles. The van der Waals surface area contributed by atoms with Gasteiger partial charge in [0.05, 0.1) is 17.2 Å². The van der Waals surface area contributed by atoms with Crippen molar-refractivity contribution in [3.8, 4) is 0 Å². The van der Waals surface area contributed by atoms with Crippen molar-refractivity contribution in [1.29, 1.82) is 0 Å². The first-order chi connectivity index (χ1) is 11.4. The molecule has 0 aromatic heterocycles. The molecule has 24 heavy (non-hydrogen) atoms. The Bertz CT molecular complexity index is 835. The van der Waals surface area contributed by atoms with Crippen LogP contribution in [0.15, 0.2) is 64.6 Å². The second kappa shape index (κ2) is 8.05. The number of amides is 1. The maximum Gasteiger partial charge on any atom is 0.255 e. The summed E-state index contributed by atoms with van der Waals surface area (Å²) in [4.78, 5) is 11.8. The molecule has 2 N–H and O–H groups in total. The highest BCUT2D eigenvalue weighted by molar-refractivity contribution is 7.89. The predicted octanol–water partition coefficient (Wildman–Crippen LogP) is 2.16. The fourth-order valence-electron chi connectivity index (χ4n) is 1.78. The first kappa shape index (κ1) is 18.1. The maximum atomic E-state index is 12.0. The third-order valence-electron chi connectivity index (χ3n) is 3.09. The van der Waals surface area contributed by atoms with Crippen molar-refractivity contribution in [2.24, 2.45) is 5.10 Å². The minimum atomic E-state index is -3.72. The molecular formula is C16H16ClN3O3S. The van der Waals surface area contributed by atoms with E-state index in [1.165, 1.54) is 12.1 Å². The van der Waals surface area contributed by atoms with Gasteiger partial charge < -0.3 is 0 Å². The normalized spacial score (nSPS) is 12.0. The molecule has 0 spiro atoms. The number of rotatable bonds is 6. The minimum absolute atomic E-state index is 0.0960. The predicted molar refractivity (Wildman–Crippen MR) is 93.4 cm³/mol. The summed E-state index contributed by atoms with van der Waals surface area (Å²) in [6, 6.07) is 14.8. The van der Waals surface area contributed by atoms with E-state index in [4.69, 9.17) is 11.6 Å². The lowest BCUT2D eigenvalue weighted by Gasteiger charge is -2.06. The van der Waals surface area contributed by atoms with Crippen molar-refractivity contribution >= 4 is 33.2 Å². The summed E-state index contributed by atoms with van der Waals surface area (Å²) in [5.74, 6) is -0.567. The molecule has 0 unspecified atom stereocenters. The van der Waals surface area contributed by atoms with Gasteiger partial charge in [0.25, 0.3) is 5.91 Å². The van der Waals surface area contributed by atoms with E-state index in [1.807, 2.05) is 0 Å². The number of nitrogens with one attached hydrogen (secondary N) is 2. The Labute approximate surface area is 145 Å². The molecular weight excluding hydrogens is 350 g/mol. The van der Waals surface area contributed by atoms with Crippen LogP contribution < -0.4 is 10.1 Å². The van der Waals surface area contributed by atoms with E-state index in [0.717, 1.165) is 5.56 Å². The van der Waals surface area contributed by atoms with Crippen LogP contribution in [0.25, 0.3) is 0 Å². The lowest BCUT2D eigenvalue weighted by molar-refractivity contribution is -0.119. The second-order valence-corrected chi connectivity index (χ2v) is 7.08. The molecule has 1 amide bonds. The van der Waals surface area contributed by atoms with Crippen LogP contribution in [0.1, 0.15) is 12.5 Å². The summed E-state index contributed by atoms with van der Waals surface area (Å²) < 4.78 is 26.2. The van der Waals surface area contributed by atoms with E-state index in [1.54, 1.807) is 49.4 Å². The van der Waals surface area contributed by atoms with E-state index in [-0.39, 0.29) is 4.90 Å². The van der Waals surface area contributed by atoms with Crippen LogP contribution in [0.2, 0.25) is 5.02 Å². The van der Waals surface area contributed by atoms with Gasteiger partial charge in [-0.15, -0.1) is 0 Å². The second-order valence-electron chi connectivity index (χ2n) is 4.88. The first-order valence-corrected chi connectivity index (χ1v) is 8.88. The lowest BCUT2D eigenvalue weighted by Crippen LogP contribution is -2.35. The van der Waals surface area contributed by atoms with E-state index in [0.29, 0.717) is 10.7 Å². The van der Waals surface area contributed by atoms with Crippen molar-refractivity contribution in [2.75, 3.05) is 6.54 Å². The van der Waals surface area contributed by atoms with Crippen LogP contribution in [0.5, 0.6) is 0 Å². The number of halogens is 1. The molecule has 0 atom stereocenters. The molecule has 0 saturated carbocycles. The third-order valence-corrected chi connectivity index (χ3v) is 4.76. The number of sulfonamides is 1. The zero-order chi connectivity index (χ0) is 17.6. The standard InChI is InChI=1S/C16H16ClN3O3S/c1-12(13-7-9-14(17)10-8-13)19-20-16(21)11-18-24(22,23)15-5-3-2-4-6-15/h2-10,18H,11H2,1H3,(H,20,21)/b19-12-. The fourth-order valence-corrected chi connectivity index (χ4v) is 2.91. The number of benzene rings is 2. The van der Waals surface area contributed by atoms with E-state index < -0.39 is 22.5 Å². The van der Waals surface area contributed by atoms with Gasteiger partial charge in [0.15, 0.2) is 0 Å². The van der Waals surface area contributed by atoms with Crippen molar-refractivity contribution in [3.63, 3.8) is 0 Å². The number of hydrogen-bond acceptors (Lipinski definition) is 4. The van der Waals surface area contributed by atoms with Crippen LogP contribution in [0, 0.1) is 0 Å². The zero-order valence-electron chi connectivity index (χ0n) is 12.9. The highest BCUT2D eigenvalue weighted by atomic mass is 35.5.